The van der Waals surface area contributed by atoms with Gasteiger partial charge in [-0.15, -0.1) is 0 Å². The van der Waals surface area contributed by atoms with Gasteiger partial charge in [0, 0.05) is 25.0 Å². The molecule has 0 saturated heterocycles. The van der Waals surface area contributed by atoms with Crippen molar-refractivity contribution in [1.29, 1.82) is 0 Å². The number of rotatable bonds is 3. The molecule has 0 fully saturated rings. The number of hydrogen-bond acceptors (Lipinski definition) is 1. The van der Waals surface area contributed by atoms with E-state index in [1.165, 1.54) is 16.7 Å². The molecule has 0 aliphatic heterocycles. The Morgan fingerprint density at radius 3 is 2.21 bits per heavy atom. The Hall–Kier alpha value is -1.54. The van der Waals surface area contributed by atoms with Crippen molar-refractivity contribution in [3.8, 4) is 0 Å². The van der Waals surface area contributed by atoms with E-state index in [2.05, 4.69) is 68.1 Å². The van der Waals surface area contributed by atoms with E-state index in [-0.39, 0.29) is 11.5 Å². The highest BCUT2D eigenvalue weighted by Crippen LogP contribution is 2.22. The number of nitrogens with two attached hydrogens (primary N) is 1. The van der Waals surface area contributed by atoms with Crippen molar-refractivity contribution >= 4 is 0 Å². The quantitative estimate of drug-likeness (QED) is 0.888. The maximum absolute atomic E-state index is 5.87. The van der Waals surface area contributed by atoms with E-state index < -0.39 is 0 Å². The molecule has 0 bridgehead atoms. The summed E-state index contributed by atoms with van der Waals surface area (Å²) in [4.78, 5) is 0. The fraction of sp³-hybridized carbons (Fsp3) is 0.412. The summed E-state index contributed by atoms with van der Waals surface area (Å²) in [6.07, 6.45) is 4.22. The minimum atomic E-state index is 0.101. The van der Waals surface area contributed by atoms with Crippen LogP contribution in [0.15, 0.2) is 42.7 Å². The monoisotopic (exact) mass is 256 g/mol. The molecule has 2 aromatic rings. The molecule has 1 aromatic heterocycles. The van der Waals surface area contributed by atoms with Gasteiger partial charge in [0.2, 0.25) is 0 Å². The lowest BCUT2D eigenvalue weighted by atomic mass is 9.87. The van der Waals surface area contributed by atoms with E-state index in [9.17, 15) is 0 Å². The number of benzene rings is 1. The topological polar surface area (TPSA) is 30.9 Å². The molecule has 1 heterocycles. The maximum Gasteiger partial charge on any atom is 0.0470 e. The van der Waals surface area contributed by atoms with Crippen molar-refractivity contribution in [3.63, 3.8) is 0 Å². The van der Waals surface area contributed by atoms with Gasteiger partial charge in [0.25, 0.3) is 0 Å². The first-order valence-corrected chi connectivity index (χ1v) is 6.87. The van der Waals surface area contributed by atoms with Crippen molar-refractivity contribution in [2.45, 2.75) is 45.7 Å². The summed E-state index contributed by atoms with van der Waals surface area (Å²) >= 11 is 0. The predicted octanol–water partition coefficient (Wildman–Crippen LogP) is 3.85. The number of nitrogens with zero attached hydrogens (tertiary/aromatic N) is 1. The van der Waals surface area contributed by atoms with Gasteiger partial charge in [0.05, 0.1) is 0 Å². The molecule has 2 heteroatoms. The van der Waals surface area contributed by atoms with Gasteiger partial charge in [0.15, 0.2) is 0 Å². The standard InChI is InChI=1S/C17H24N2/c1-13(18)15-9-10-19(12-15)11-14-5-7-16(8-6-14)17(2,3)4/h5-10,12-13H,11,18H2,1-4H3. The third-order valence-electron chi connectivity index (χ3n) is 3.48. The van der Waals surface area contributed by atoms with Gasteiger partial charge in [-0.05, 0) is 35.1 Å². The summed E-state index contributed by atoms with van der Waals surface area (Å²) in [6.45, 7) is 9.63. The van der Waals surface area contributed by atoms with Crippen LogP contribution in [0.1, 0.15) is 50.4 Å². The second-order valence-electron chi connectivity index (χ2n) is 6.35. The summed E-state index contributed by atoms with van der Waals surface area (Å²) in [5.74, 6) is 0. The Bertz CT molecular complexity index is 527. The van der Waals surface area contributed by atoms with Gasteiger partial charge in [-0.1, -0.05) is 45.0 Å². The van der Waals surface area contributed by atoms with Crippen LogP contribution in [0.25, 0.3) is 0 Å². The van der Waals surface area contributed by atoms with Crippen LogP contribution in [0.2, 0.25) is 0 Å². The van der Waals surface area contributed by atoms with Crippen molar-refractivity contribution in [3.05, 3.63) is 59.4 Å². The molecule has 0 saturated carbocycles. The normalized spacial score (nSPS) is 13.5. The molecule has 1 atom stereocenters. The van der Waals surface area contributed by atoms with Gasteiger partial charge >= 0.3 is 0 Å². The van der Waals surface area contributed by atoms with Gasteiger partial charge in [-0.3, -0.25) is 0 Å². The van der Waals surface area contributed by atoms with Gasteiger partial charge in [-0.25, -0.2) is 0 Å². The van der Waals surface area contributed by atoms with Crippen LogP contribution in [-0.4, -0.2) is 4.57 Å². The van der Waals surface area contributed by atoms with Crippen LogP contribution in [0.5, 0.6) is 0 Å². The fourth-order valence-electron chi connectivity index (χ4n) is 2.15. The molecule has 1 unspecified atom stereocenters. The van der Waals surface area contributed by atoms with Crippen LogP contribution in [0.4, 0.5) is 0 Å². The molecule has 0 amide bonds. The average Bonchev–Trinajstić information content (AvgIpc) is 2.77. The summed E-state index contributed by atoms with van der Waals surface area (Å²) in [6, 6.07) is 11.1. The van der Waals surface area contributed by atoms with Crippen molar-refractivity contribution in [2.24, 2.45) is 5.73 Å². The maximum atomic E-state index is 5.87. The second kappa shape index (κ2) is 5.22. The Balaban J connectivity index is 2.11. The first kappa shape index (κ1) is 13.9. The molecule has 102 valence electrons. The second-order valence-corrected chi connectivity index (χ2v) is 6.35. The van der Waals surface area contributed by atoms with Gasteiger partial charge in [0.1, 0.15) is 0 Å². The number of hydrogen-bond donors (Lipinski definition) is 1. The highest BCUT2D eigenvalue weighted by atomic mass is 14.9. The van der Waals surface area contributed by atoms with Gasteiger partial charge < -0.3 is 10.3 Å². The lowest BCUT2D eigenvalue weighted by molar-refractivity contribution is 0.589. The number of aromatic nitrogens is 1. The Labute approximate surface area is 116 Å². The van der Waals surface area contributed by atoms with Crippen LogP contribution in [-0.2, 0) is 12.0 Å². The Morgan fingerprint density at radius 2 is 1.74 bits per heavy atom. The highest BCUT2D eigenvalue weighted by Gasteiger charge is 2.12. The van der Waals surface area contributed by atoms with Crippen molar-refractivity contribution < 1.29 is 0 Å². The van der Waals surface area contributed by atoms with E-state index >= 15 is 0 Å². The Morgan fingerprint density at radius 1 is 1.11 bits per heavy atom. The van der Waals surface area contributed by atoms with E-state index in [1.54, 1.807) is 0 Å². The molecule has 19 heavy (non-hydrogen) atoms. The van der Waals surface area contributed by atoms with E-state index in [4.69, 9.17) is 5.73 Å². The summed E-state index contributed by atoms with van der Waals surface area (Å²) < 4.78 is 2.19. The molecule has 0 aliphatic carbocycles. The fourth-order valence-corrected chi connectivity index (χ4v) is 2.15. The smallest absolute Gasteiger partial charge is 0.0470 e. The molecular formula is C17H24N2. The lowest BCUT2D eigenvalue weighted by Gasteiger charge is -2.19. The average molecular weight is 256 g/mol. The first-order chi connectivity index (χ1) is 8.86. The van der Waals surface area contributed by atoms with Crippen LogP contribution in [0, 0.1) is 0 Å². The zero-order valence-corrected chi connectivity index (χ0v) is 12.4. The van der Waals surface area contributed by atoms with Crippen LogP contribution < -0.4 is 5.73 Å². The Kier molecular flexibility index (Phi) is 3.81. The van der Waals surface area contributed by atoms with E-state index in [1.807, 2.05) is 6.92 Å². The molecule has 1 aromatic carbocycles. The third-order valence-corrected chi connectivity index (χ3v) is 3.48. The van der Waals surface area contributed by atoms with Crippen LogP contribution >= 0.6 is 0 Å². The molecule has 2 N–H and O–H groups in total. The predicted molar refractivity (Wildman–Crippen MR) is 81.3 cm³/mol. The van der Waals surface area contributed by atoms with Gasteiger partial charge in [-0.2, -0.15) is 0 Å². The molecule has 2 nitrogen and oxygen atoms in total. The molecular weight excluding hydrogens is 232 g/mol. The van der Waals surface area contributed by atoms with E-state index in [0.717, 1.165) is 6.54 Å². The largest absolute Gasteiger partial charge is 0.350 e. The third kappa shape index (κ3) is 3.48. The first-order valence-electron chi connectivity index (χ1n) is 6.87. The zero-order valence-electron chi connectivity index (χ0n) is 12.4. The van der Waals surface area contributed by atoms with Crippen molar-refractivity contribution in [1.82, 2.24) is 4.57 Å². The summed E-state index contributed by atoms with van der Waals surface area (Å²) in [5, 5.41) is 0. The highest BCUT2D eigenvalue weighted by molar-refractivity contribution is 5.28. The minimum Gasteiger partial charge on any atom is -0.350 e. The molecule has 0 radical (unpaired) electrons. The summed E-state index contributed by atoms with van der Waals surface area (Å²) in [5.41, 5.74) is 9.97. The SMILES string of the molecule is CC(N)c1ccn(Cc2ccc(C(C)(C)C)cc2)c1. The zero-order chi connectivity index (χ0) is 14.0. The van der Waals surface area contributed by atoms with E-state index in [0.29, 0.717) is 0 Å². The molecule has 2 rings (SSSR count). The van der Waals surface area contributed by atoms with Crippen LogP contribution in [0.3, 0.4) is 0 Å². The molecule has 0 aliphatic rings. The van der Waals surface area contributed by atoms with Crippen molar-refractivity contribution in [2.75, 3.05) is 0 Å². The lowest BCUT2D eigenvalue weighted by Crippen LogP contribution is -2.10. The summed E-state index contributed by atoms with van der Waals surface area (Å²) in [7, 11) is 0. The molecule has 0 spiro atoms. The minimum absolute atomic E-state index is 0.101.